The second-order valence-corrected chi connectivity index (χ2v) is 6.10. The number of benzene rings is 1. The fourth-order valence-corrected chi connectivity index (χ4v) is 2.99. The predicted octanol–water partition coefficient (Wildman–Crippen LogP) is 2.34. The van der Waals surface area contributed by atoms with Gasteiger partial charge in [-0.1, -0.05) is 6.07 Å². The maximum Gasteiger partial charge on any atom is 0.253 e. The molecule has 1 aliphatic heterocycles. The highest BCUT2D eigenvalue weighted by Crippen LogP contribution is 2.20. The molecule has 1 aliphatic rings. The summed E-state index contributed by atoms with van der Waals surface area (Å²) in [5.41, 5.74) is 1.59. The molecule has 2 aromatic rings. The summed E-state index contributed by atoms with van der Waals surface area (Å²) in [5.74, 6) is 1.40. The number of hydrogen-bond donors (Lipinski definition) is 1. The van der Waals surface area contributed by atoms with Gasteiger partial charge in [-0.3, -0.25) is 9.78 Å². The van der Waals surface area contributed by atoms with Gasteiger partial charge in [-0.15, -0.1) is 0 Å². The van der Waals surface area contributed by atoms with E-state index in [0.717, 1.165) is 37.5 Å². The van der Waals surface area contributed by atoms with E-state index in [1.165, 1.54) is 0 Å². The van der Waals surface area contributed by atoms with Crippen LogP contribution in [-0.2, 0) is 6.61 Å². The van der Waals surface area contributed by atoms with Gasteiger partial charge >= 0.3 is 0 Å². The number of hydrogen-bond acceptors (Lipinski definition) is 4. The zero-order valence-corrected chi connectivity index (χ0v) is 13.9. The molecule has 1 atom stereocenters. The summed E-state index contributed by atoms with van der Waals surface area (Å²) < 4.78 is 5.71. The Morgan fingerprint density at radius 2 is 2.12 bits per heavy atom. The van der Waals surface area contributed by atoms with Crippen molar-refractivity contribution in [2.24, 2.45) is 5.92 Å². The molecule has 0 unspecified atom stereocenters. The molecule has 3 rings (SSSR count). The normalized spacial score (nSPS) is 17.0. The van der Waals surface area contributed by atoms with Gasteiger partial charge in [0.15, 0.2) is 0 Å². The Kier molecular flexibility index (Phi) is 5.43. The molecule has 5 heteroatoms. The van der Waals surface area contributed by atoms with Gasteiger partial charge in [-0.05, 0) is 62.3 Å². The minimum atomic E-state index is 0.102. The number of pyridine rings is 1. The Hall–Kier alpha value is -2.40. The second-order valence-electron chi connectivity index (χ2n) is 6.10. The number of amides is 1. The van der Waals surface area contributed by atoms with Crippen LogP contribution in [0.5, 0.6) is 5.75 Å². The van der Waals surface area contributed by atoms with Gasteiger partial charge in [-0.2, -0.15) is 0 Å². The number of aromatic nitrogens is 1. The van der Waals surface area contributed by atoms with E-state index in [0.29, 0.717) is 18.1 Å². The van der Waals surface area contributed by atoms with Crippen molar-refractivity contribution >= 4 is 5.91 Å². The van der Waals surface area contributed by atoms with Crippen molar-refractivity contribution in [3.05, 3.63) is 59.9 Å². The molecule has 0 spiro atoms. The predicted molar refractivity (Wildman–Crippen MR) is 92.9 cm³/mol. The summed E-state index contributed by atoms with van der Waals surface area (Å²) >= 11 is 0. The molecule has 1 saturated heterocycles. The zero-order valence-electron chi connectivity index (χ0n) is 13.9. The van der Waals surface area contributed by atoms with Gasteiger partial charge in [0, 0.05) is 24.8 Å². The average molecular weight is 325 g/mol. The topological polar surface area (TPSA) is 54.5 Å². The molecule has 1 N–H and O–H groups in total. The number of carbonyl (C=O) groups excluding carboxylic acids is 1. The SMILES string of the molecule is CNC[C@@H]1CCN(C(=O)c2ccc(OCc3ccccn3)cc2)C1. The molecular formula is C19H23N3O2. The van der Waals surface area contributed by atoms with Crippen molar-refractivity contribution in [1.82, 2.24) is 15.2 Å². The molecule has 1 aromatic carbocycles. The minimum absolute atomic E-state index is 0.102. The molecule has 1 aromatic heterocycles. The molecule has 5 nitrogen and oxygen atoms in total. The van der Waals surface area contributed by atoms with E-state index in [9.17, 15) is 4.79 Å². The lowest BCUT2D eigenvalue weighted by Crippen LogP contribution is -2.30. The summed E-state index contributed by atoms with van der Waals surface area (Å²) in [7, 11) is 1.95. The summed E-state index contributed by atoms with van der Waals surface area (Å²) in [5, 5.41) is 3.18. The molecule has 1 amide bonds. The van der Waals surface area contributed by atoms with Crippen molar-refractivity contribution in [1.29, 1.82) is 0 Å². The van der Waals surface area contributed by atoms with Gasteiger partial charge in [0.2, 0.25) is 0 Å². The van der Waals surface area contributed by atoms with Crippen molar-refractivity contribution in [2.45, 2.75) is 13.0 Å². The Labute approximate surface area is 142 Å². The van der Waals surface area contributed by atoms with Gasteiger partial charge in [0.25, 0.3) is 5.91 Å². The molecule has 24 heavy (non-hydrogen) atoms. The number of likely N-dealkylation sites (tertiary alicyclic amines) is 1. The summed E-state index contributed by atoms with van der Waals surface area (Å²) in [6, 6.07) is 13.1. The van der Waals surface area contributed by atoms with Crippen LogP contribution in [0.2, 0.25) is 0 Å². The van der Waals surface area contributed by atoms with E-state index < -0.39 is 0 Å². The Balaban J connectivity index is 1.55. The van der Waals surface area contributed by atoms with E-state index in [2.05, 4.69) is 10.3 Å². The van der Waals surface area contributed by atoms with Gasteiger partial charge < -0.3 is 15.0 Å². The summed E-state index contributed by atoms with van der Waals surface area (Å²) in [4.78, 5) is 18.7. The van der Waals surface area contributed by atoms with Crippen molar-refractivity contribution in [2.75, 3.05) is 26.7 Å². The molecule has 0 aliphatic carbocycles. The number of carbonyl (C=O) groups is 1. The Bertz CT molecular complexity index is 658. The first-order chi connectivity index (χ1) is 11.8. The third-order valence-corrected chi connectivity index (χ3v) is 4.28. The van der Waals surface area contributed by atoms with Crippen LogP contribution in [0, 0.1) is 5.92 Å². The van der Waals surface area contributed by atoms with Gasteiger partial charge in [0.05, 0.1) is 5.69 Å². The maximum atomic E-state index is 12.5. The lowest BCUT2D eigenvalue weighted by Gasteiger charge is -2.17. The molecule has 0 saturated carbocycles. The molecule has 0 radical (unpaired) electrons. The number of nitrogens with one attached hydrogen (secondary N) is 1. The van der Waals surface area contributed by atoms with Crippen LogP contribution in [0.25, 0.3) is 0 Å². The van der Waals surface area contributed by atoms with E-state index >= 15 is 0 Å². The first-order valence-corrected chi connectivity index (χ1v) is 8.33. The smallest absolute Gasteiger partial charge is 0.253 e. The van der Waals surface area contributed by atoms with Crippen LogP contribution < -0.4 is 10.1 Å². The third-order valence-electron chi connectivity index (χ3n) is 4.28. The van der Waals surface area contributed by atoms with Crippen molar-refractivity contribution in [3.8, 4) is 5.75 Å². The highest BCUT2D eigenvalue weighted by molar-refractivity contribution is 5.94. The number of nitrogens with zero attached hydrogens (tertiary/aromatic N) is 2. The Morgan fingerprint density at radius 3 is 2.83 bits per heavy atom. The van der Waals surface area contributed by atoms with Crippen LogP contribution in [0.15, 0.2) is 48.7 Å². The fraction of sp³-hybridized carbons (Fsp3) is 0.368. The van der Waals surface area contributed by atoms with Crippen molar-refractivity contribution in [3.63, 3.8) is 0 Å². The highest BCUT2D eigenvalue weighted by Gasteiger charge is 2.26. The monoisotopic (exact) mass is 325 g/mol. The third kappa shape index (κ3) is 4.11. The standard InChI is InChI=1S/C19H23N3O2/c1-20-12-15-9-11-22(13-15)19(23)16-5-7-18(8-6-16)24-14-17-4-2-3-10-21-17/h2-8,10,15,20H,9,11-14H2,1H3/t15-/m0/s1. The van der Waals surface area contributed by atoms with E-state index in [4.69, 9.17) is 4.74 Å². The van der Waals surface area contributed by atoms with Crippen LogP contribution >= 0.6 is 0 Å². The molecule has 126 valence electrons. The molecule has 1 fully saturated rings. The highest BCUT2D eigenvalue weighted by atomic mass is 16.5. The molecular weight excluding hydrogens is 302 g/mol. The van der Waals surface area contributed by atoms with Crippen LogP contribution in [0.3, 0.4) is 0 Å². The molecule has 0 bridgehead atoms. The molecule has 2 heterocycles. The Morgan fingerprint density at radius 1 is 1.29 bits per heavy atom. The fourth-order valence-electron chi connectivity index (χ4n) is 2.99. The summed E-state index contributed by atoms with van der Waals surface area (Å²) in [6.07, 6.45) is 2.82. The summed E-state index contributed by atoms with van der Waals surface area (Å²) in [6.45, 7) is 3.05. The maximum absolute atomic E-state index is 12.5. The van der Waals surface area contributed by atoms with Crippen LogP contribution in [0.1, 0.15) is 22.5 Å². The average Bonchev–Trinajstić information content (AvgIpc) is 3.10. The van der Waals surface area contributed by atoms with Crippen LogP contribution in [0.4, 0.5) is 0 Å². The first-order valence-electron chi connectivity index (χ1n) is 8.33. The van der Waals surface area contributed by atoms with E-state index in [1.807, 2.05) is 54.4 Å². The lowest BCUT2D eigenvalue weighted by molar-refractivity contribution is 0.0787. The minimum Gasteiger partial charge on any atom is -0.487 e. The van der Waals surface area contributed by atoms with E-state index in [1.54, 1.807) is 6.20 Å². The zero-order chi connectivity index (χ0) is 16.8. The second kappa shape index (κ2) is 7.93. The van der Waals surface area contributed by atoms with E-state index in [-0.39, 0.29) is 5.91 Å². The number of rotatable bonds is 6. The van der Waals surface area contributed by atoms with Crippen LogP contribution in [-0.4, -0.2) is 42.5 Å². The van der Waals surface area contributed by atoms with Gasteiger partial charge in [0.1, 0.15) is 12.4 Å². The lowest BCUT2D eigenvalue weighted by atomic mass is 10.1. The first kappa shape index (κ1) is 16.5. The van der Waals surface area contributed by atoms with Gasteiger partial charge in [-0.25, -0.2) is 0 Å². The largest absolute Gasteiger partial charge is 0.487 e. The van der Waals surface area contributed by atoms with Crippen molar-refractivity contribution < 1.29 is 9.53 Å². The number of ether oxygens (including phenoxy) is 1. The quantitative estimate of drug-likeness (QED) is 0.886.